The van der Waals surface area contributed by atoms with Crippen LogP contribution in [0.3, 0.4) is 0 Å². The Morgan fingerprint density at radius 1 is 0.238 bits per heavy atom. The molecule has 0 bridgehead atoms. The first kappa shape index (κ1) is 23.6. The quantitative estimate of drug-likeness (QED) is 0.160. The number of benzene rings is 6. The molecule has 6 aromatic carbocycles. The third kappa shape index (κ3) is 2.69. The standard InChI is InChI=1S/C36H24N3P3/c1-7-19-31-25(13-1)26-14-2-8-20-32(26)40(31)37-41(33-21-9-3-15-27(33)28-16-4-10-22-34(28)41)39-42(38-40)35-23-11-5-17-29(35)30-18-6-12-24-36(30)42/h1-24H. The summed E-state index contributed by atoms with van der Waals surface area (Å²) in [5, 5.41) is 7.69. The van der Waals surface area contributed by atoms with Crippen LogP contribution in [-0.4, -0.2) is 0 Å². The molecule has 6 aromatic rings. The molecule has 4 aliphatic heterocycles. The molecule has 0 atom stereocenters. The van der Waals surface area contributed by atoms with Gasteiger partial charge in [0.15, 0.2) is 0 Å². The van der Waals surface area contributed by atoms with E-state index in [1.807, 2.05) is 0 Å². The van der Waals surface area contributed by atoms with E-state index in [9.17, 15) is 0 Å². The van der Waals surface area contributed by atoms with Gasteiger partial charge in [-0.15, -0.1) is 0 Å². The third-order valence-corrected chi connectivity index (χ3v) is 21.7. The molecule has 3 nitrogen and oxygen atoms in total. The average Bonchev–Trinajstić information content (AvgIpc) is 3.59. The van der Waals surface area contributed by atoms with Crippen LogP contribution in [0.25, 0.3) is 33.4 Å². The molecule has 0 aromatic heterocycles. The molecule has 3 spiro atoms. The lowest BCUT2D eigenvalue weighted by molar-refractivity contribution is 1.67. The second-order valence-electron chi connectivity index (χ2n) is 11.2. The summed E-state index contributed by atoms with van der Waals surface area (Å²) < 4.78 is 18.6. The van der Waals surface area contributed by atoms with E-state index in [0.29, 0.717) is 0 Å². The second-order valence-corrected chi connectivity index (χ2v) is 19.8. The molecule has 0 unspecified atom stereocenters. The largest absolute Gasteiger partial charge is 0.223 e. The summed E-state index contributed by atoms with van der Waals surface area (Å²) >= 11 is 0. The smallest absolute Gasteiger partial charge is 0.139 e. The van der Waals surface area contributed by atoms with Crippen molar-refractivity contribution in [3.05, 3.63) is 146 Å². The van der Waals surface area contributed by atoms with E-state index < -0.39 is 21.6 Å². The molecule has 0 aliphatic carbocycles. The van der Waals surface area contributed by atoms with Gasteiger partial charge in [0.1, 0.15) is 21.6 Å². The Morgan fingerprint density at radius 2 is 0.405 bits per heavy atom. The molecule has 0 saturated heterocycles. The van der Waals surface area contributed by atoms with Gasteiger partial charge in [-0.1, -0.05) is 146 Å². The Balaban J connectivity index is 1.52. The van der Waals surface area contributed by atoms with Crippen molar-refractivity contribution in [2.45, 2.75) is 0 Å². The van der Waals surface area contributed by atoms with Crippen molar-refractivity contribution in [1.82, 2.24) is 0 Å². The van der Waals surface area contributed by atoms with Gasteiger partial charge in [-0.05, 0) is 33.4 Å². The lowest BCUT2D eigenvalue weighted by Gasteiger charge is -2.34. The summed E-state index contributed by atoms with van der Waals surface area (Å²) in [7, 11) is -7.85. The van der Waals surface area contributed by atoms with E-state index in [-0.39, 0.29) is 0 Å². The van der Waals surface area contributed by atoms with E-state index in [1.54, 1.807) is 0 Å². The van der Waals surface area contributed by atoms with Gasteiger partial charge in [-0.25, -0.2) is 13.5 Å². The highest BCUT2D eigenvalue weighted by molar-refractivity contribution is 8.01. The summed E-state index contributed by atoms with van der Waals surface area (Å²) in [4.78, 5) is 0. The molecule has 0 radical (unpaired) electrons. The lowest BCUT2D eigenvalue weighted by atomic mass is 10.1. The number of hydrogen-bond acceptors (Lipinski definition) is 3. The van der Waals surface area contributed by atoms with Gasteiger partial charge < -0.3 is 0 Å². The fraction of sp³-hybridized carbons (Fsp3) is 0. The SMILES string of the molecule is c1ccc2c(c1)-c1ccccc1P21=NP2(=NP3(=N1)c1ccccc1-c1ccccc13)c1ccccc1-c1ccccc12. The van der Waals surface area contributed by atoms with Crippen molar-refractivity contribution in [2.75, 3.05) is 0 Å². The van der Waals surface area contributed by atoms with Crippen LogP contribution in [0, 0.1) is 0 Å². The highest BCUT2D eigenvalue weighted by Gasteiger charge is 2.50. The summed E-state index contributed by atoms with van der Waals surface area (Å²) in [5.74, 6) is 0. The van der Waals surface area contributed by atoms with Crippen LogP contribution in [0.4, 0.5) is 0 Å². The van der Waals surface area contributed by atoms with Crippen LogP contribution >= 0.6 is 21.6 Å². The van der Waals surface area contributed by atoms with Crippen LogP contribution in [-0.2, 0) is 0 Å². The maximum Gasteiger partial charge on any atom is 0.139 e. The zero-order valence-corrected chi connectivity index (χ0v) is 25.2. The van der Waals surface area contributed by atoms with Gasteiger partial charge in [0.2, 0.25) is 0 Å². The Kier molecular flexibility index (Phi) is 4.54. The topological polar surface area (TPSA) is 37.1 Å². The molecule has 0 saturated carbocycles. The first-order valence-corrected chi connectivity index (χ1v) is 19.3. The Labute approximate surface area is 245 Å². The highest BCUT2D eigenvalue weighted by Crippen LogP contribution is 2.80. The van der Waals surface area contributed by atoms with E-state index in [2.05, 4.69) is 146 Å². The molecule has 0 amide bonds. The van der Waals surface area contributed by atoms with Gasteiger partial charge in [0.25, 0.3) is 0 Å². The number of rotatable bonds is 0. The predicted octanol–water partition coefficient (Wildman–Crippen LogP) is 8.24. The van der Waals surface area contributed by atoms with E-state index in [0.717, 1.165) is 0 Å². The fourth-order valence-electron chi connectivity index (χ4n) is 7.42. The summed E-state index contributed by atoms with van der Waals surface area (Å²) in [5.41, 5.74) is 7.63. The molecule has 42 heavy (non-hydrogen) atoms. The minimum atomic E-state index is -2.62. The van der Waals surface area contributed by atoms with Crippen LogP contribution in [0.5, 0.6) is 0 Å². The van der Waals surface area contributed by atoms with Crippen LogP contribution < -0.4 is 31.8 Å². The van der Waals surface area contributed by atoms with Crippen LogP contribution in [0.2, 0.25) is 0 Å². The van der Waals surface area contributed by atoms with Gasteiger partial charge in [0, 0.05) is 31.8 Å². The van der Waals surface area contributed by atoms with Crippen molar-refractivity contribution >= 4 is 53.4 Å². The first-order chi connectivity index (χ1) is 20.8. The van der Waals surface area contributed by atoms with Crippen LogP contribution in [0.1, 0.15) is 0 Å². The van der Waals surface area contributed by atoms with Gasteiger partial charge in [-0.2, -0.15) is 0 Å². The predicted molar refractivity (Wildman–Crippen MR) is 181 cm³/mol. The Hall–Kier alpha value is -3.99. The first-order valence-electron chi connectivity index (χ1n) is 14.3. The van der Waals surface area contributed by atoms with E-state index in [4.69, 9.17) is 13.5 Å². The normalized spacial score (nSPS) is 17.7. The Bertz CT molecular complexity index is 1940. The van der Waals surface area contributed by atoms with Crippen molar-refractivity contribution in [3.63, 3.8) is 0 Å². The van der Waals surface area contributed by atoms with Crippen LogP contribution in [0.15, 0.2) is 159 Å². The molecular formula is C36H24N3P3. The average molecular weight is 592 g/mol. The molecular weight excluding hydrogens is 567 g/mol. The molecule has 10 rings (SSSR count). The minimum Gasteiger partial charge on any atom is -0.223 e. The second kappa shape index (κ2) is 8.09. The lowest BCUT2D eigenvalue weighted by Crippen LogP contribution is -2.19. The molecule has 0 N–H and O–H groups in total. The third-order valence-electron chi connectivity index (χ3n) is 9.09. The van der Waals surface area contributed by atoms with Gasteiger partial charge in [0.05, 0.1) is 0 Å². The van der Waals surface area contributed by atoms with Crippen molar-refractivity contribution < 1.29 is 0 Å². The molecule has 198 valence electrons. The number of nitrogens with zero attached hydrogens (tertiary/aromatic N) is 3. The number of hydrogen-bond donors (Lipinski definition) is 0. The van der Waals surface area contributed by atoms with Gasteiger partial charge >= 0.3 is 0 Å². The Morgan fingerprint density at radius 3 is 0.595 bits per heavy atom. The monoisotopic (exact) mass is 591 g/mol. The number of fused-ring (bicyclic) bond motifs is 15. The van der Waals surface area contributed by atoms with Gasteiger partial charge in [-0.3, -0.25) is 0 Å². The zero-order chi connectivity index (χ0) is 27.5. The van der Waals surface area contributed by atoms with E-state index in [1.165, 1.54) is 65.2 Å². The minimum absolute atomic E-state index is 1.27. The van der Waals surface area contributed by atoms with Crippen molar-refractivity contribution in [1.29, 1.82) is 0 Å². The molecule has 0 fully saturated rings. The molecule has 4 aliphatic rings. The summed E-state index contributed by atoms with van der Waals surface area (Å²) in [6, 6.07) is 53.4. The van der Waals surface area contributed by atoms with Crippen molar-refractivity contribution in [2.24, 2.45) is 13.5 Å². The molecule has 6 heteroatoms. The maximum atomic E-state index is 6.19. The van der Waals surface area contributed by atoms with Crippen molar-refractivity contribution in [3.8, 4) is 33.4 Å². The summed E-state index contributed by atoms with van der Waals surface area (Å²) in [6.07, 6.45) is 0. The van der Waals surface area contributed by atoms with E-state index >= 15 is 0 Å². The maximum absolute atomic E-state index is 6.19. The molecule has 4 heterocycles. The zero-order valence-electron chi connectivity index (χ0n) is 22.5. The highest BCUT2D eigenvalue weighted by atomic mass is 31.3. The fourth-order valence-corrected chi connectivity index (χ4v) is 23.7. The summed E-state index contributed by atoms with van der Waals surface area (Å²) in [6.45, 7) is 0.